The number of halogens is 1. The van der Waals surface area contributed by atoms with Crippen LogP contribution in [-0.2, 0) is 4.79 Å². The molecule has 4 rings (SSSR count). The first-order valence-electron chi connectivity index (χ1n) is 8.64. The van der Waals surface area contributed by atoms with Gasteiger partial charge < -0.3 is 4.90 Å². The lowest BCUT2D eigenvalue weighted by atomic mass is 9.94. The van der Waals surface area contributed by atoms with Gasteiger partial charge in [0, 0.05) is 22.5 Å². The summed E-state index contributed by atoms with van der Waals surface area (Å²) in [4.78, 5) is 19.2. The van der Waals surface area contributed by atoms with E-state index >= 15 is 0 Å². The molecule has 1 aromatic rings. The highest BCUT2D eigenvalue weighted by molar-refractivity contribution is 8.27. The number of hydrogen-bond donors (Lipinski definition) is 0. The Kier molecular flexibility index (Phi) is 5.06. The molecule has 2 fully saturated rings. The van der Waals surface area contributed by atoms with Gasteiger partial charge in [0.05, 0.1) is 5.69 Å². The maximum Gasteiger partial charge on any atom is 0.269 e. The van der Waals surface area contributed by atoms with Crippen LogP contribution < -0.4 is 4.90 Å². The Balaban J connectivity index is 1.69. The van der Waals surface area contributed by atoms with E-state index in [1.807, 2.05) is 23.1 Å². The van der Waals surface area contributed by atoms with Crippen LogP contribution in [0.1, 0.15) is 39.0 Å². The molecule has 0 bridgehead atoms. The van der Waals surface area contributed by atoms with Crippen LogP contribution in [0.25, 0.3) is 0 Å². The molecule has 2 heterocycles. The summed E-state index contributed by atoms with van der Waals surface area (Å²) in [6.07, 6.45) is 5.77. The molecule has 0 N–H and O–H groups in total. The molecule has 0 atom stereocenters. The summed E-state index contributed by atoms with van der Waals surface area (Å²) in [5, 5.41) is 1.71. The van der Waals surface area contributed by atoms with Crippen LogP contribution in [0.4, 0.5) is 5.69 Å². The average molecular weight is 411 g/mol. The van der Waals surface area contributed by atoms with Crippen molar-refractivity contribution >= 4 is 63.3 Å². The molecule has 0 aromatic heterocycles. The van der Waals surface area contributed by atoms with Crippen molar-refractivity contribution in [1.82, 2.24) is 4.90 Å². The van der Waals surface area contributed by atoms with Gasteiger partial charge in [-0.3, -0.25) is 9.69 Å². The van der Waals surface area contributed by atoms with Gasteiger partial charge in [-0.15, -0.1) is 0 Å². The monoisotopic (exact) mass is 410 g/mol. The fourth-order valence-corrected chi connectivity index (χ4v) is 6.62. The van der Waals surface area contributed by atoms with Crippen molar-refractivity contribution in [2.24, 2.45) is 0 Å². The second kappa shape index (κ2) is 7.14. The number of fused-ring (bicyclic) bond motifs is 1. The first kappa shape index (κ1) is 17.7. The second-order valence-corrected chi connectivity index (χ2v) is 9.54. The van der Waals surface area contributed by atoms with E-state index in [0.717, 1.165) is 39.9 Å². The fourth-order valence-electron chi connectivity index (χ4n) is 3.70. The zero-order chi connectivity index (χ0) is 17.6. The lowest BCUT2D eigenvalue weighted by molar-refractivity contribution is -0.124. The summed E-state index contributed by atoms with van der Waals surface area (Å²) < 4.78 is 0.713. The molecule has 1 saturated heterocycles. The van der Waals surface area contributed by atoms with E-state index in [1.165, 1.54) is 31.0 Å². The van der Waals surface area contributed by atoms with Gasteiger partial charge in [-0.25, -0.2) is 0 Å². The van der Waals surface area contributed by atoms with Gasteiger partial charge in [0.2, 0.25) is 0 Å². The van der Waals surface area contributed by atoms with Gasteiger partial charge in [-0.05, 0) is 38.0 Å². The molecule has 3 nitrogen and oxygen atoms in total. The quantitative estimate of drug-likeness (QED) is 0.464. The molecule has 1 aliphatic carbocycles. The Hall–Kier alpha value is -0.690. The minimum atomic E-state index is 0.0850. The van der Waals surface area contributed by atoms with Crippen LogP contribution in [0, 0.1) is 0 Å². The van der Waals surface area contributed by atoms with E-state index in [4.69, 9.17) is 23.8 Å². The molecule has 0 spiro atoms. The molecule has 0 radical (unpaired) electrons. The number of carbonyl (C=O) groups is 1. The van der Waals surface area contributed by atoms with Crippen molar-refractivity contribution in [1.29, 1.82) is 0 Å². The topological polar surface area (TPSA) is 23.6 Å². The highest BCUT2D eigenvalue weighted by Gasteiger charge is 2.41. The smallest absolute Gasteiger partial charge is 0.269 e. The summed E-state index contributed by atoms with van der Waals surface area (Å²) in [5.41, 5.74) is 1.08. The molecule has 2 aliphatic heterocycles. The predicted molar refractivity (Wildman–Crippen MR) is 111 cm³/mol. The highest BCUT2D eigenvalue weighted by Crippen LogP contribution is 2.51. The minimum Gasteiger partial charge on any atom is -0.334 e. The third-order valence-corrected chi connectivity index (χ3v) is 7.85. The lowest BCUT2D eigenvalue weighted by Crippen LogP contribution is -2.40. The van der Waals surface area contributed by atoms with Gasteiger partial charge in [-0.1, -0.05) is 66.6 Å². The molecular formula is C18H19ClN2OS3. The summed E-state index contributed by atoms with van der Waals surface area (Å²) in [6.45, 7) is 2.89. The number of amides is 1. The molecule has 1 amide bonds. The summed E-state index contributed by atoms with van der Waals surface area (Å²) in [6, 6.07) is 6.18. The lowest BCUT2D eigenvalue weighted by Gasteiger charge is -2.30. The van der Waals surface area contributed by atoms with Gasteiger partial charge in [-0.2, -0.15) is 0 Å². The van der Waals surface area contributed by atoms with E-state index < -0.39 is 0 Å². The van der Waals surface area contributed by atoms with E-state index in [2.05, 4.69) is 11.8 Å². The van der Waals surface area contributed by atoms with Gasteiger partial charge >= 0.3 is 0 Å². The van der Waals surface area contributed by atoms with Crippen LogP contribution in [0.15, 0.2) is 33.0 Å². The number of benzene rings is 1. The van der Waals surface area contributed by atoms with Crippen LogP contribution in [0.5, 0.6) is 0 Å². The third-order valence-electron chi connectivity index (χ3n) is 4.91. The molecule has 1 aromatic carbocycles. The van der Waals surface area contributed by atoms with Gasteiger partial charge in [0.25, 0.3) is 5.91 Å². The standard InChI is InChI=1S/C18H19ClN2OS3/c1-2-20-13-10-11(19)8-9-14(13)24-17(20)15-16(22)21(18(23)25-15)12-6-4-3-5-7-12/h8-10,12H,2-7H2,1H3/b17-15+. The molecule has 1 saturated carbocycles. The van der Waals surface area contributed by atoms with Gasteiger partial charge in [0.15, 0.2) is 0 Å². The summed E-state index contributed by atoms with van der Waals surface area (Å²) >= 11 is 14.9. The maximum absolute atomic E-state index is 13.2. The molecule has 3 aliphatic rings. The number of thiocarbonyl (C=S) groups is 1. The third kappa shape index (κ3) is 3.11. The highest BCUT2D eigenvalue weighted by atomic mass is 35.5. The number of carbonyl (C=O) groups excluding carboxylic acids is 1. The van der Waals surface area contributed by atoms with Crippen LogP contribution >= 0.6 is 47.3 Å². The molecular weight excluding hydrogens is 392 g/mol. The van der Waals surface area contributed by atoms with Crippen molar-refractivity contribution in [3.8, 4) is 0 Å². The van der Waals surface area contributed by atoms with Crippen LogP contribution in [-0.4, -0.2) is 27.7 Å². The summed E-state index contributed by atoms with van der Waals surface area (Å²) in [7, 11) is 0. The second-order valence-electron chi connectivity index (χ2n) is 6.43. The number of nitrogens with zero attached hydrogens (tertiary/aromatic N) is 2. The number of anilines is 1. The fraction of sp³-hybridized carbons (Fsp3) is 0.444. The van der Waals surface area contributed by atoms with Crippen molar-refractivity contribution in [2.75, 3.05) is 11.4 Å². The number of hydrogen-bond acceptors (Lipinski definition) is 5. The first-order valence-corrected chi connectivity index (χ1v) is 11.1. The normalized spacial score (nSPS) is 24.4. The van der Waals surface area contributed by atoms with Crippen molar-refractivity contribution in [2.45, 2.75) is 50.0 Å². The molecule has 0 unspecified atom stereocenters. The maximum atomic E-state index is 13.2. The van der Waals surface area contributed by atoms with E-state index in [9.17, 15) is 4.79 Å². The average Bonchev–Trinajstić information content (AvgIpc) is 3.11. The van der Waals surface area contributed by atoms with E-state index in [1.54, 1.807) is 11.8 Å². The Morgan fingerprint density at radius 3 is 2.72 bits per heavy atom. The number of rotatable bonds is 2. The zero-order valence-corrected chi connectivity index (χ0v) is 17.2. The minimum absolute atomic E-state index is 0.0850. The Bertz CT molecular complexity index is 774. The Labute approximate surface area is 167 Å². The Morgan fingerprint density at radius 1 is 1.24 bits per heavy atom. The van der Waals surface area contributed by atoms with Crippen molar-refractivity contribution in [3.05, 3.63) is 33.2 Å². The van der Waals surface area contributed by atoms with Crippen LogP contribution in [0.2, 0.25) is 5.02 Å². The molecule has 25 heavy (non-hydrogen) atoms. The first-order chi connectivity index (χ1) is 12.1. The summed E-state index contributed by atoms with van der Waals surface area (Å²) in [5.74, 6) is 0.0850. The van der Waals surface area contributed by atoms with E-state index in [-0.39, 0.29) is 11.9 Å². The molecule has 7 heteroatoms. The predicted octanol–water partition coefficient (Wildman–Crippen LogP) is 5.63. The van der Waals surface area contributed by atoms with Crippen molar-refractivity contribution < 1.29 is 4.79 Å². The SMILES string of the molecule is CCN1/C(=C2\SC(=S)N(C3CCCCC3)C2=O)Sc2ccc(Cl)cc21. The largest absolute Gasteiger partial charge is 0.334 e. The number of thioether (sulfide) groups is 2. The van der Waals surface area contributed by atoms with Gasteiger partial charge in [0.1, 0.15) is 14.3 Å². The Morgan fingerprint density at radius 2 is 2.00 bits per heavy atom. The van der Waals surface area contributed by atoms with Crippen LogP contribution in [0.3, 0.4) is 0 Å². The van der Waals surface area contributed by atoms with Crippen molar-refractivity contribution in [3.63, 3.8) is 0 Å². The molecule has 132 valence electrons. The van der Waals surface area contributed by atoms with E-state index in [0.29, 0.717) is 9.34 Å². The zero-order valence-electron chi connectivity index (χ0n) is 14.0.